The molecule has 2 atom stereocenters. The van der Waals surface area contributed by atoms with Gasteiger partial charge in [0, 0.05) is 15.4 Å². The number of hydrogen-bond donors (Lipinski definition) is 1. The zero-order valence-corrected chi connectivity index (χ0v) is 11.7. The van der Waals surface area contributed by atoms with Gasteiger partial charge in [-0.2, -0.15) is 0 Å². The van der Waals surface area contributed by atoms with Crippen molar-refractivity contribution in [2.45, 2.75) is 26.3 Å². The van der Waals surface area contributed by atoms with Crippen LogP contribution in [0.25, 0.3) is 0 Å². The minimum atomic E-state index is 0.164. The van der Waals surface area contributed by atoms with E-state index in [1.807, 2.05) is 0 Å². The van der Waals surface area contributed by atoms with E-state index in [0.29, 0.717) is 5.92 Å². The maximum Gasteiger partial charge on any atom is 0.0843 e. The van der Waals surface area contributed by atoms with E-state index in [9.17, 15) is 0 Å². The lowest BCUT2D eigenvalue weighted by Gasteiger charge is -2.16. The second-order valence-electron chi connectivity index (χ2n) is 3.18. The van der Waals surface area contributed by atoms with Crippen LogP contribution < -0.4 is 5.73 Å². The molecule has 0 aliphatic heterocycles. The lowest BCUT2D eigenvalue weighted by atomic mass is 9.99. The van der Waals surface area contributed by atoms with E-state index in [2.05, 4.69) is 51.8 Å². The molecule has 0 aliphatic rings. The van der Waals surface area contributed by atoms with Gasteiger partial charge in [-0.05, 0) is 43.8 Å². The van der Waals surface area contributed by atoms with Crippen LogP contribution in [0.2, 0.25) is 0 Å². The molecule has 4 heteroatoms. The summed E-state index contributed by atoms with van der Waals surface area (Å²) in [5.74, 6) is 0.539. The van der Waals surface area contributed by atoms with Gasteiger partial charge in [0.1, 0.15) is 0 Å². The van der Waals surface area contributed by atoms with Crippen molar-refractivity contribution in [3.05, 3.63) is 19.2 Å². The number of hydrogen-bond acceptors (Lipinski definition) is 2. The van der Waals surface area contributed by atoms with E-state index in [4.69, 9.17) is 5.73 Å². The van der Waals surface area contributed by atoms with E-state index in [0.717, 1.165) is 14.7 Å². The molecule has 0 saturated heterocycles. The third-order valence-corrected chi connectivity index (χ3v) is 5.61. The highest BCUT2D eigenvalue weighted by atomic mass is 79.9. The van der Waals surface area contributed by atoms with Crippen LogP contribution >= 0.6 is 43.2 Å². The van der Waals surface area contributed by atoms with Crippen LogP contribution in [0, 0.1) is 5.92 Å². The first-order chi connectivity index (χ1) is 6.06. The number of thiophene rings is 1. The summed E-state index contributed by atoms with van der Waals surface area (Å²) in [4.78, 5) is 1.24. The molecule has 1 aromatic heterocycles. The van der Waals surface area contributed by atoms with Crippen LogP contribution in [-0.4, -0.2) is 0 Å². The monoisotopic (exact) mass is 325 g/mol. The fourth-order valence-corrected chi connectivity index (χ4v) is 3.29. The molecule has 0 aliphatic carbocycles. The summed E-state index contributed by atoms with van der Waals surface area (Å²) >= 11 is 8.65. The summed E-state index contributed by atoms with van der Waals surface area (Å²) in [5, 5.41) is 0. The zero-order valence-electron chi connectivity index (χ0n) is 7.68. The average molecular weight is 327 g/mol. The smallest absolute Gasteiger partial charge is 0.0843 e. The lowest BCUT2D eigenvalue weighted by molar-refractivity contribution is 0.462. The Bertz CT molecular complexity index is 266. The Kier molecular flexibility index (Phi) is 4.42. The Morgan fingerprint density at radius 3 is 2.54 bits per heavy atom. The Morgan fingerprint density at radius 2 is 2.15 bits per heavy atom. The standard InChI is InChI=1S/C9H13Br2NS/c1-3-5(2)8(12)7-4-6(10)9(11)13-7/h4-5,8H,3,12H2,1-2H3/t5?,8-/m1/s1. The Labute approximate surface area is 100.0 Å². The highest BCUT2D eigenvalue weighted by molar-refractivity contribution is 9.13. The normalized spacial score (nSPS) is 15.8. The molecule has 1 aromatic rings. The van der Waals surface area contributed by atoms with Gasteiger partial charge in [-0.25, -0.2) is 0 Å². The van der Waals surface area contributed by atoms with Crippen LogP contribution in [0.1, 0.15) is 31.2 Å². The van der Waals surface area contributed by atoms with Crippen LogP contribution in [0.3, 0.4) is 0 Å². The van der Waals surface area contributed by atoms with E-state index in [1.54, 1.807) is 11.3 Å². The molecular weight excluding hydrogens is 314 g/mol. The molecule has 74 valence electrons. The van der Waals surface area contributed by atoms with Crippen molar-refractivity contribution in [1.29, 1.82) is 0 Å². The molecule has 13 heavy (non-hydrogen) atoms. The van der Waals surface area contributed by atoms with Crippen LogP contribution in [0.4, 0.5) is 0 Å². The number of rotatable bonds is 3. The highest BCUT2D eigenvalue weighted by Crippen LogP contribution is 2.37. The Hall–Kier alpha value is 0.620. The Balaban J connectivity index is 2.82. The second kappa shape index (κ2) is 4.91. The lowest BCUT2D eigenvalue weighted by Crippen LogP contribution is -2.17. The van der Waals surface area contributed by atoms with Crippen LogP contribution in [0.5, 0.6) is 0 Å². The molecule has 0 bridgehead atoms. The first kappa shape index (κ1) is 11.7. The molecule has 1 rings (SSSR count). The molecule has 0 aromatic carbocycles. The van der Waals surface area contributed by atoms with E-state index < -0.39 is 0 Å². The van der Waals surface area contributed by atoms with Gasteiger partial charge in [0.25, 0.3) is 0 Å². The third kappa shape index (κ3) is 2.78. The van der Waals surface area contributed by atoms with Crippen molar-refractivity contribution in [3.8, 4) is 0 Å². The molecule has 1 nitrogen and oxygen atoms in total. The van der Waals surface area contributed by atoms with Crippen molar-refractivity contribution >= 4 is 43.2 Å². The van der Waals surface area contributed by atoms with Gasteiger partial charge in [0.2, 0.25) is 0 Å². The summed E-state index contributed by atoms with van der Waals surface area (Å²) in [7, 11) is 0. The largest absolute Gasteiger partial charge is 0.323 e. The molecule has 0 spiro atoms. The Morgan fingerprint density at radius 1 is 1.54 bits per heavy atom. The molecule has 0 fully saturated rings. The minimum absolute atomic E-state index is 0.164. The molecule has 2 N–H and O–H groups in total. The average Bonchev–Trinajstić information content (AvgIpc) is 2.44. The first-order valence-corrected chi connectivity index (χ1v) is 6.66. The molecule has 0 radical (unpaired) electrons. The number of halogens is 2. The van der Waals surface area contributed by atoms with Gasteiger partial charge in [0.05, 0.1) is 3.79 Å². The van der Waals surface area contributed by atoms with Gasteiger partial charge in [0.15, 0.2) is 0 Å². The first-order valence-electron chi connectivity index (χ1n) is 4.26. The zero-order chi connectivity index (χ0) is 10.0. The summed E-state index contributed by atoms with van der Waals surface area (Å²) < 4.78 is 2.23. The van der Waals surface area contributed by atoms with E-state index in [1.165, 1.54) is 4.88 Å². The summed E-state index contributed by atoms with van der Waals surface area (Å²) in [6.07, 6.45) is 1.12. The van der Waals surface area contributed by atoms with Crippen molar-refractivity contribution in [3.63, 3.8) is 0 Å². The number of nitrogens with two attached hydrogens (primary N) is 1. The van der Waals surface area contributed by atoms with Gasteiger partial charge < -0.3 is 5.73 Å². The second-order valence-corrected chi connectivity index (χ2v) is 6.44. The van der Waals surface area contributed by atoms with Crippen LogP contribution in [0.15, 0.2) is 14.3 Å². The minimum Gasteiger partial charge on any atom is -0.323 e. The molecule has 0 saturated carbocycles. The predicted octanol–water partition coefficient (Wildman–Crippen LogP) is 4.32. The maximum absolute atomic E-state index is 6.10. The molecule has 1 unspecified atom stereocenters. The molecule has 0 amide bonds. The van der Waals surface area contributed by atoms with Crippen molar-refractivity contribution in [2.75, 3.05) is 0 Å². The SMILES string of the molecule is CCC(C)[C@@H](N)c1cc(Br)c(Br)s1. The van der Waals surface area contributed by atoms with Gasteiger partial charge >= 0.3 is 0 Å². The van der Waals surface area contributed by atoms with Crippen molar-refractivity contribution in [1.82, 2.24) is 0 Å². The van der Waals surface area contributed by atoms with E-state index >= 15 is 0 Å². The summed E-state index contributed by atoms with van der Waals surface area (Å²) in [5.41, 5.74) is 6.10. The van der Waals surface area contributed by atoms with Gasteiger partial charge in [-0.1, -0.05) is 20.3 Å². The fourth-order valence-electron chi connectivity index (χ4n) is 1.06. The maximum atomic E-state index is 6.10. The van der Waals surface area contributed by atoms with E-state index in [-0.39, 0.29) is 6.04 Å². The molecular formula is C9H13Br2NS. The topological polar surface area (TPSA) is 26.0 Å². The summed E-state index contributed by atoms with van der Waals surface area (Å²) in [6.45, 7) is 4.36. The van der Waals surface area contributed by atoms with Crippen molar-refractivity contribution < 1.29 is 0 Å². The molecule has 1 heterocycles. The predicted molar refractivity (Wildman–Crippen MR) is 66.1 cm³/mol. The van der Waals surface area contributed by atoms with Gasteiger partial charge in [-0.3, -0.25) is 0 Å². The van der Waals surface area contributed by atoms with Crippen LogP contribution in [-0.2, 0) is 0 Å². The third-order valence-electron chi connectivity index (χ3n) is 2.25. The van der Waals surface area contributed by atoms with Gasteiger partial charge in [-0.15, -0.1) is 11.3 Å². The highest BCUT2D eigenvalue weighted by Gasteiger charge is 2.16. The van der Waals surface area contributed by atoms with Crippen molar-refractivity contribution in [2.24, 2.45) is 11.7 Å². The summed E-state index contributed by atoms with van der Waals surface area (Å²) in [6, 6.07) is 2.27. The quantitative estimate of drug-likeness (QED) is 0.879. The fraction of sp³-hybridized carbons (Fsp3) is 0.556.